The topological polar surface area (TPSA) is 83.2 Å². The van der Waals surface area contributed by atoms with Crippen LogP contribution in [0.15, 0.2) is 41.0 Å². The van der Waals surface area contributed by atoms with Gasteiger partial charge in [-0.1, -0.05) is 6.07 Å². The Morgan fingerprint density at radius 2 is 1.91 bits per heavy atom. The molecule has 0 aliphatic rings. The van der Waals surface area contributed by atoms with Crippen molar-refractivity contribution in [3.8, 4) is 5.75 Å². The predicted octanol–water partition coefficient (Wildman–Crippen LogP) is 2.45. The predicted molar refractivity (Wildman–Crippen MR) is 76.5 cm³/mol. The van der Waals surface area contributed by atoms with E-state index in [0.29, 0.717) is 4.47 Å². The molecular weight excluding hydrogens is 364 g/mol. The van der Waals surface area contributed by atoms with E-state index in [1.807, 2.05) is 0 Å². The molecule has 1 heterocycles. The third-order valence-electron chi connectivity index (χ3n) is 2.50. The van der Waals surface area contributed by atoms with Crippen LogP contribution in [-0.4, -0.2) is 23.4 Å². The number of benzene rings is 1. The summed E-state index contributed by atoms with van der Waals surface area (Å²) in [5.41, 5.74) is 4.66. The number of ether oxygens (including phenoxy) is 1. The lowest BCUT2D eigenvalue weighted by atomic mass is 10.2. The number of carbonyl (C=O) groups is 2. The van der Waals surface area contributed by atoms with E-state index >= 15 is 0 Å². The minimum atomic E-state index is -2.98. The van der Waals surface area contributed by atoms with Gasteiger partial charge in [0.25, 0.3) is 11.8 Å². The number of hydrogen-bond acceptors (Lipinski definition) is 3. The van der Waals surface area contributed by atoms with E-state index in [-0.39, 0.29) is 17.0 Å². The first-order valence-electron chi connectivity index (χ1n) is 5.95. The Labute approximate surface area is 131 Å². The minimum Gasteiger partial charge on any atom is -0.435 e. The molecule has 0 aliphatic carbocycles. The molecule has 2 rings (SSSR count). The molecule has 3 N–H and O–H groups in total. The lowest BCUT2D eigenvalue weighted by Crippen LogP contribution is -2.41. The van der Waals surface area contributed by atoms with Gasteiger partial charge < -0.3 is 9.72 Å². The molecule has 0 bridgehead atoms. The van der Waals surface area contributed by atoms with Crippen LogP contribution in [0.1, 0.15) is 20.8 Å². The van der Waals surface area contributed by atoms with Crippen molar-refractivity contribution in [2.75, 3.05) is 0 Å². The van der Waals surface area contributed by atoms with Crippen molar-refractivity contribution in [3.63, 3.8) is 0 Å². The number of rotatable bonds is 4. The summed E-state index contributed by atoms with van der Waals surface area (Å²) in [4.78, 5) is 26.2. The fraction of sp³-hybridized carbons (Fsp3) is 0.0769. The van der Waals surface area contributed by atoms with Gasteiger partial charge in [0.05, 0.1) is 0 Å². The maximum atomic E-state index is 12.1. The maximum absolute atomic E-state index is 12.1. The zero-order valence-corrected chi connectivity index (χ0v) is 12.5. The van der Waals surface area contributed by atoms with Gasteiger partial charge in [0, 0.05) is 16.2 Å². The molecule has 9 heteroatoms. The monoisotopic (exact) mass is 373 g/mol. The second-order valence-corrected chi connectivity index (χ2v) is 4.96. The van der Waals surface area contributed by atoms with E-state index in [9.17, 15) is 18.4 Å². The summed E-state index contributed by atoms with van der Waals surface area (Å²) in [6.45, 7) is -2.98. The van der Waals surface area contributed by atoms with E-state index in [1.54, 1.807) is 6.20 Å². The minimum absolute atomic E-state index is 0.0612. The smallest absolute Gasteiger partial charge is 0.387 e. The molecule has 1 aromatic heterocycles. The van der Waals surface area contributed by atoms with Crippen molar-refractivity contribution in [3.05, 3.63) is 52.3 Å². The second-order valence-electron chi connectivity index (χ2n) is 4.05. The molecule has 0 radical (unpaired) electrons. The van der Waals surface area contributed by atoms with Crippen LogP contribution in [-0.2, 0) is 0 Å². The SMILES string of the molecule is O=C(NNC(=O)c1cc(Br)c[nH]1)c1cccc(OC(F)F)c1. The Morgan fingerprint density at radius 1 is 1.18 bits per heavy atom. The Balaban J connectivity index is 1.96. The molecule has 0 spiro atoms. The van der Waals surface area contributed by atoms with Gasteiger partial charge in [-0.3, -0.25) is 20.4 Å². The van der Waals surface area contributed by atoms with Crippen LogP contribution in [0, 0.1) is 0 Å². The first-order chi connectivity index (χ1) is 10.5. The molecule has 0 aliphatic heterocycles. The summed E-state index contributed by atoms with van der Waals surface area (Å²) in [5.74, 6) is -1.38. The maximum Gasteiger partial charge on any atom is 0.387 e. The molecule has 0 fully saturated rings. The first kappa shape index (κ1) is 16.0. The Kier molecular flexibility index (Phi) is 5.10. The number of alkyl halides is 2. The summed E-state index contributed by atoms with van der Waals surface area (Å²) in [7, 11) is 0. The van der Waals surface area contributed by atoms with E-state index in [4.69, 9.17) is 0 Å². The van der Waals surface area contributed by atoms with Gasteiger partial charge in [0.2, 0.25) is 0 Å². The third-order valence-corrected chi connectivity index (χ3v) is 2.96. The van der Waals surface area contributed by atoms with Crippen LogP contribution in [0.4, 0.5) is 8.78 Å². The van der Waals surface area contributed by atoms with Gasteiger partial charge in [-0.2, -0.15) is 8.78 Å². The van der Waals surface area contributed by atoms with Crippen molar-refractivity contribution >= 4 is 27.7 Å². The number of H-pyrrole nitrogens is 1. The summed E-state index contributed by atoms with van der Waals surface area (Å²) >= 11 is 3.17. The number of hydrogen-bond donors (Lipinski definition) is 3. The average molecular weight is 374 g/mol. The van der Waals surface area contributed by atoms with Crippen molar-refractivity contribution in [2.24, 2.45) is 0 Å². The van der Waals surface area contributed by atoms with Crippen LogP contribution >= 0.6 is 15.9 Å². The van der Waals surface area contributed by atoms with Crippen molar-refractivity contribution in [1.82, 2.24) is 15.8 Å². The fourth-order valence-corrected chi connectivity index (χ4v) is 1.91. The Bertz CT molecular complexity index is 691. The zero-order chi connectivity index (χ0) is 16.1. The second kappa shape index (κ2) is 7.03. The highest BCUT2D eigenvalue weighted by Gasteiger charge is 2.12. The number of amides is 2. The number of carbonyl (C=O) groups excluding carboxylic acids is 2. The van der Waals surface area contributed by atoms with Crippen molar-refractivity contribution in [1.29, 1.82) is 0 Å². The quantitative estimate of drug-likeness (QED) is 0.719. The molecular formula is C13H10BrF2N3O3. The highest BCUT2D eigenvalue weighted by Crippen LogP contribution is 2.15. The summed E-state index contributed by atoms with van der Waals surface area (Å²) in [6.07, 6.45) is 1.56. The summed E-state index contributed by atoms with van der Waals surface area (Å²) in [5, 5.41) is 0. The number of nitrogens with one attached hydrogen (secondary N) is 3. The van der Waals surface area contributed by atoms with Gasteiger partial charge in [0.1, 0.15) is 11.4 Å². The largest absolute Gasteiger partial charge is 0.435 e. The molecule has 22 heavy (non-hydrogen) atoms. The Morgan fingerprint density at radius 3 is 2.55 bits per heavy atom. The molecule has 0 unspecified atom stereocenters. The van der Waals surface area contributed by atoms with E-state index in [2.05, 4.69) is 36.5 Å². The zero-order valence-electron chi connectivity index (χ0n) is 10.9. The van der Waals surface area contributed by atoms with Crippen LogP contribution in [0.3, 0.4) is 0 Å². The molecule has 0 atom stereocenters. The molecule has 2 aromatic rings. The van der Waals surface area contributed by atoms with Crippen LogP contribution in [0.2, 0.25) is 0 Å². The lowest BCUT2D eigenvalue weighted by molar-refractivity contribution is -0.0498. The highest BCUT2D eigenvalue weighted by molar-refractivity contribution is 9.10. The van der Waals surface area contributed by atoms with Gasteiger partial charge in [-0.05, 0) is 40.2 Å². The molecule has 0 saturated heterocycles. The van der Waals surface area contributed by atoms with Gasteiger partial charge in [0.15, 0.2) is 0 Å². The number of aromatic nitrogens is 1. The number of aromatic amines is 1. The summed E-state index contributed by atoms with van der Waals surface area (Å²) < 4.78 is 29.1. The van der Waals surface area contributed by atoms with Gasteiger partial charge >= 0.3 is 6.61 Å². The van der Waals surface area contributed by atoms with E-state index < -0.39 is 18.4 Å². The van der Waals surface area contributed by atoms with E-state index in [0.717, 1.165) is 6.07 Å². The molecule has 116 valence electrons. The number of hydrazine groups is 1. The lowest BCUT2D eigenvalue weighted by Gasteiger charge is -2.08. The number of halogens is 3. The van der Waals surface area contributed by atoms with Gasteiger partial charge in [-0.25, -0.2) is 0 Å². The fourth-order valence-electron chi connectivity index (χ4n) is 1.57. The van der Waals surface area contributed by atoms with Gasteiger partial charge in [-0.15, -0.1) is 0 Å². The van der Waals surface area contributed by atoms with Crippen LogP contribution in [0.25, 0.3) is 0 Å². The molecule has 2 amide bonds. The van der Waals surface area contributed by atoms with E-state index in [1.165, 1.54) is 24.3 Å². The van der Waals surface area contributed by atoms with Crippen molar-refractivity contribution in [2.45, 2.75) is 6.61 Å². The van der Waals surface area contributed by atoms with Crippen LogP contribution in [0.5, 0.6) is 5.75 Å². The molecule has 1 aromatic carbocycles. The normalized spacial score (nSPS) is 10.4. The van der Waals surface area contributed by atoms with Crippen molar-refractivity contribution < 1.29 is 23.1 Å². The first-order valence-corrected chi connectivity index (χ1v) is 6.74. The molecule has 6 nitrogen and oxygen atoms in total. The summed E-state index contributed by atoms with van der Waals surface area (Å²) in [6, 6.07) is 6.73. The molecule has 0 saturated carbocycles. The highest BCUT2D eigenvalue weighted by atomic mass is 79.9. The Hall–Kier alpha value is -2.42. The standard InChI is InChI=1S/C13H10BrF2N3O3/c14-8-5-10(17-6-8)12(21)19-18-11(20)7-2-1-3-9(4-7)22-13(15)16/h1-6,13,17H,(H,18,20)(H,19,21). The third kappa shape index (κ3) is 4.29. The van der Waals surface area contributed by atoms with Crippen LogP contribution < -0.4 is 15.6 Å². The average Bonchev–Trinajstić information content (AvgIpc) is 2.90.